The van der Waals surface area contributed by atoms with Gasteiger partial charge in [-0.2, -0.15) is 12.6 Å². The molecule has 7 atom stereocenters. The third-order valence-electron chi connectivity index (χ3n) is 8.37. The van der Waals surface area contributed by atoms with Crippen LogP contribution in [0.5, 0.6) is 5.75 Å². The maximum absolute atomic E-state index is 13.5. The van der Waals surface area contributed by atoms with Crippen molar-refractivity contribution in [2.75, 3.05) is 25.4 Å². The third kappa shape index (κ3) is 15.2. The van der Waals surface area contributed by atoms with E-state index in [2.05, 4.69) is 49.8 Å². The van der Waals surface area contributed by atoms with Gasteiger partial charge in [-0.25, -0.2) is 4.79 Å². The van der Waals surface area contributed by atoms with E-state index in [-0.39, 0.29) is 24.3 Å². The Hall–Kier alpha value is -4.99. The van der Waals surface area contributed by atoms with E-state index in [0.29, 0.717) is 37.9 Å². The maximum atomic E-state index is 13.5. The number of unbranched alkanes of at least 4 members (excludes halogenated alkanes) is 1. The maximum Gasteiger partial charge on any atom is 0.327 e. The van der Waals surface area contributed by atoms with Crippen LogP contribution in [0.1, 0.15) is 51.0 Å². The molecule has 0 bridgehead atoms. The van der Waals surface area contributed by atoms with Crippen LogP contribution in [0.25, 0.3) is 0 Å². The largest absolute Gasteiger partial charge is 0.508 e. The highest BCUT2D eigenvalue weighted by Crippen LogP contribution is 2.12. The lowest BCUT2D eigenvalue weighted by molar-refractivity contribution is -0.141. The number of amides is 7. The van der Waals surface area contributed by atoms with E-state index in [4.69, 9.17) is 11.5 Å². The smallest absolute Gasteiger partial charge is 0.327 e. The minimum atomic E-state index is -1.66. The highest BCUT2D eigenvalue weighted by atomic mass is 32.1. The molecular formula is C33H51N9O11S. The molecule has 20 nitrogen and oxygen atoms in total. The average Bonchev–Trinajstić information content (AvgIpc) is 3.67. The number of aliphatic hydroxyl groups is 1. The van der Waals surface area contributed by atoms with Gasteiger partial charge >= 0.3 is 5.97 Å². The summed E-state index contributed by atoms with van der Waals surface area (Å²) >= 11 is 3.93. The molecule has 0 radical (unpaired) electrons. The average molecular weight is 782 g/mol. The Bertz CT molecular complexity index is 1480. The van der Waals surface area contributed by atoms with Crippen molar-refractivity contribution in [1.82, 2.24) is 37.2 Å². The SMILES string of the molecule is CC(NC(=O)C(CCCCN)NC(=O)C(CO)NC(=O)C1CCCN1)C(=O)NC(CC(N)=O)C(=O)NC(Cc1ccc(O)cc1)C(=O)NC(CS)C(=O)O. The van der Waals surface area contributed by atoms with Crippen LogP contribution in [0, 0.1) is 0 Å². The van der Waals surface area contributed by atoms with Crippen LogP contribution in [0.2, 0.25) is 0 Å². The van der Waals surface area contributed by atoms with E-state index in [1.54, 1.807) is 0 Å². The van der Waals surface area contributed by atoms with Gasteiger partial charge in [0.25, 0.3) is 0 Å². The first-order valence-corrected chi connectivity index (χ1v) is 18.0. The molecule has 1 aromatic carbocycles. The summed E-state index contributed by atoms with van der Waals surface area (Å²) in [6, 6.07) is -3.42. The van der Waals surface area contributed by atoms with Gasteiger partial charge in [0.2, 0.25) is 41.4 Å². The summed E-state index contributed by atoms with van der Waals surface area (Å²) in [5.74, 6) is -7.83. The quantitative estimate of drug-likeness (QED) is 0.0369. The summed E-state index contributed by atoms with van der Waals surface area (Å²) in [4.78, 5) is 102. The molecule has 300 valence electrons. The highest BCUT2D eigenvalue weighted by molar-refractivity contribution is 7.80. The second-order valence-corrected chi connectivity index (χ2v) is 13.1. The number of carboxylic acid groups (broad SMARTS) is 1. The van der Waals surface area contributed by atoms with Crippen molar-refractivity contribution >= 4 is 59.9 Å². The Labute approximate surface area is 317 Å². The first-order chi connectivity index (χ1) is 25.6. The number of hydrogen-bond donors (Lipinski definition) is 13. The molecule has 0 aromatic heterocycles. The minimum absolute atomic E-state index is 0.0744. The molecule has 21 heteroatoms. The van der Waals surface area contributed by atoms with Gasteiger partial charge in [0.1, 0.15) is 42.0 Å². The normalized spacial score (nSPS) is 17.0. The molecule has 54 heavy (non-hydrogen) atoms. The number of nitrogens with one attached hydrogen (secondary N) is 7. The number of aliphatic hydroxyl groups excluding tert-OH is 1. The number of aliphatic carboxylic acids is 1. The number of phenolic OH excluding ortho intramolecular Hbond substituents is 1. The van der Waals surface area contributed by atoms with Crippen LogP contribution >= 0.6 is 12.6 Å². The second kappa shape index (κ2) is 22.9. The van der Waals surface area contributed by atoms with E-state index in [1.807, 2.05) is 0 Å². The van der Waals surface area contributed by atoms with Crippen molar-refractivity contribution < 1.29 is 53.7 Å². The molecule has 14 N–H and O–H groups in total. The van der Waals surface area contributed by atoms with Gasteiger partial charge in [-0.3, -0.25) is 33.6 Å². The van der Waals surface area contributed by atoms with Crippen molar-refractivity contribution in [3.8, 4) is 5.75 Å². The van der Waals surface area contributed by atoms with Crippen molar-refractivity contribution in [1.29, 1.82) is 0 Å². The van der Waals surface area contributed by atoms with E-state index >= 15 is 0 Å². The number of carboxylic acids is 1. The van der Waals surface area contributed by atoms with Gasteiger partial charge in [-0.05, 0) is 69.8 Å². The predicted molar refractivity (Wildman–Crippen MR) is 195 cm³/mol. The molecule has 1 heterocycles. The minimum Gasteiger partial charge on any atom is -0.508 e. The Morgan fingerprint density at radius 1 is 0.815 bits per heavy atom. The summed E-state index contributed by atoms with van der Waals surface area (Å²) in [7, 11) is 0. The molecule has 0 spiro atoms. The molecule has 0 aliphatic carbocycles. The standard InChI is InChI=1S/C33H51N9O11S/c1-17(37-29(48)21(5-2-3-11-34)38-32(51)24(15-43)41-28(47)20-6-4-12-36-20)27(46)39-23(14-26(35)45)31(50)40-22(13-18-7-9-19(44)10-8-18)30(49)42-25(16-54)33(52)53/h7-10,17,20-25,36,43-44,54H,2-6,11-16,34H2,1H3,(H2,35,45)(H,37,48)(H,38,51)(H,39,46)(H,40,50)(H,41,47)(H,42,49)(H,52,53). The molecule has 7 amide bonds. The topological polar surface area (TPSA) is 334 Å². The third-order valence-corrected chi connectivity index (χ3v) is 8.73. The Morgan fingerprint density at radius 3 is 1.94 bits per heavy atom. The van der Waals surface area contributed by atoms with Gasteiger partial charge in [0, 0.05) is 12.2 Å². The van der Waals surface area contributed by atoms with E-state index in [0.717, 1.165) is 6.42 Å². The zero-order chi connectivity index (χ0) is 40.4. The van der Waals surface area contributed by atoms with Crippen molar-refractivity contribution in [2.45, 2.75) is 94.2 Å². The Balaban J connectivity index is 2.18. The van der Waals surface area contributed by atoms with Crippen molar-refractivity contribution in [3.63, 3.8) is 0 Å². The Morgan fingerprint density at radius 2 is 1.39 bits per heavy atom. The van der Waals surface area contributed by atoms with E-state index < -0.39 is 103 Å². The zero-order valence-electron chi connectivity index (χ0n) is 29.8. The summed E-state index contributed by atoms with van der Waals surface area (Å²) in [6.07, 6.45) is 1.34. The Kier molecular flexibility index (Phi) is 19.2. The molecule has 1 fully saturated rings. The van der Waals surface area contributed by atoms with Crippen molar-refractivity contribution in [3.05, 3.63) is 29.8 Å². The van der Waals surface area contributed by atoms with Crippen LogP contribution in [-0.2, 0) is 44.8 Å². The van der Waals surface area contributed by atoms with Crippen LogP contribution in [0.15, 0.2) is 24.3 Å². The number of thiol groups is 1. The number of carbonyl (C=O) groups excluding carboxylic acids is 7. The van der Waals surface area contributed by atoms with Gasteiger partial charge in [-0.1, -0.05) is 12.1 Å². The van der Waals surface area contributed by atoms with Gasteiger partial charge in [-0.15, -0.1) is 0 Å². The number of hydrogen-bond acceptors (Lipinski definition) is 13. The second-order valence-electron chi connectivity index (χ2n) is 12.7. The lowest BCUT2D eigenvalue weighted by Crippen LogP contribution is -2.60. The van der Waals surface area contributed by atoms with Crippen LogP contribution in [0.4, 0.5) is 0 Å². The summed E-state index contributed by atoms with van der Waals surface area (Å²) in [5, 5.41) is 46.2. The summed E-state index contributed by atoms with van der Waals surface area (Å²) in [6.45, 7) is 1.43. The molecule has 0 saturated carbocycles. The number of carbonyl (C=O) groups is 8. The first-order valence-electron chi connectivity index (χ1n) is 17.4. The van der Waals surface area contributed by atoms with Crippen LogP contribution < -0.4 is 48.7 Å². The fourth-order valence-electron chi connectivity index (χ4n) is 5.30. The predicted octanol–water partition coefficient (Wildman–Crippen LogP) is -4.37. The number of nitrogens with two attached hydrogens (primary N) is 2. The van der Waals surface area contributed by atoms with E-state index in [9.17, 15) is 53.7 Å². The van der Waals surface area contributed by atoms with E-state index in [1.165, 1.54) is 31.2 Å². The van der Waals surface area contributed by atoms with Crippen molar-refractivity contribution in [2.24, 2.45) is 11.5 Å². The van der Waals surface area contributed by atoms with Gasteiger partial charge < -0.3 is 64.0 Å². The van der Waals surface area contributed by atoms with Gasteiger partial charge in [0.05, 0.1) is 19.1 Å². The van der Waals surface area contributed by atoms with Crippen LogP contribution in [0.3, 0.4) is 0 Å². The fourth-order valence-corrected chi connectivity index (χ4v) is 5.55. The summed E-state index contributed by atoms with van der Waals surface area (Å²) < 4.78 is 0. The lowest BCUT2D eigenvalue weighted by Gasteiger charge is -2.26. The zero-order valence-corrected chi connectivity index (χ0v) is 30.7. The number of rotatable bonds is 23. The molecule has 1 aromatic rings. The van der Waals surface area contributed by atoms with Gasteiger partial charge in [0.15, 0.2) is 0 Å². The number of phenols is 1. The molecule has 1 aliphatic rings. The number of benzene rings is 1. The number of aromatic hydroxyl groups is 1. The monoisotopic (exact) mass is 781 g/mol. The first kappa shape index (κ1) is 45.2. The molecule has 1 saturated heterocycles. The molecule has 1 aliphatic heterocycles. The molecule has 2 rings (SSSR count). The molecular weight excluding hydrogens is 730 g/mol. The fraction of sp³-hybridized carbons (Fsp3) is 0.576. The highest BCUT2D eigenvalue weighted by Gasteiger charge is 2.33. The lowest BCUT2D eigenvalue weighted by atomic mass is 10.0. The molecule has 7 unspecified atom stereocenters. The number of primary amides is 1. The van der Waals surface area contributed by atoms with Crippen LogP contribution in [-0.4, -0.2) is 130 Å². The summed E-state index contributed by atoms with van der Waals surface area (Å²) in [5.41, 5.74) is 11.4.